The highest BCUT2D eigenvalue weighted by molar-refractivity contribution is 5.94. The zero-order valence-electron chi connectivity index (χ0n) is 17.5. The fraction of sp³-hybridized carbons (Fsp3) is 0.550. The standard InChI is InChI=1S/C20H27F2N3O5/c1-12(2)7-16(18(26)29-3)23-17(19(27)30-4)11-24-5-6-25(20(24)28)15-9-13(21)8-14(22)10-15/h8-10,12,16-17,23H,5-7,11H2,1-4H3/t16-,17?/m0/s1. The number of carbonyl (C=O) groups is 3. The van der Waals surface area contributed by atoms with E-state index >= 15 is 0 Å². The third-order valence-electron chi connectivity index (χ3n) is 4.74. The highest BCUT2D eigenvalue weighted by Gasteiger charge is 2.35. The minimum absolute atomic E-state index is 0.0780. The van der Waals surface area contributed by atoms with Crippen LogP contribution in [0.3, 0.4) is 0 Å². The Morgan fingerprint density at radius 3 is 2.13 bits per heavy atom. The zero-order chi connectivity index (χ0) is 22.4. The van der Waals surface area contributed by atoms with Crippen molar-refractivity contribution in [1.82, 2.24) is 10.2 Å². The number of hydrogen-bond donors (Lipinski definition) is 1. The number of carbonyl (C=O) groups excluding carboxylic acids is 3. The number of amides is 2. The van der Waals surface area contributed by atoms with Crippen LogP contribution < -0.4 is 10.2 Å². The first-order valence-electron chi connectivity index (χ1n) is 9.60. The molecule has 0 spiro atoms. The van der Waals surface area contributed by atoms with Gasteiger partial charge in [0, 0.05) is 25.7 Å². The highest BCUT2D eigenvalue weighted by atomic mass is 19.1. The van der Waals surface area contributed by atoms with Crippen molar-refractivity contribution in [3.63, 3.8) is 0 Å². The van der Waals surface area contributed by atoms with Gasteiger partial charge in [-0.3, -0.25) is 19.8 Å². The van der Waals surface area contributed by atoms with Gasteiger partial charge in [-0.15, -0.1) is 0 Å². The smallest absolute Gasteiger partial charge is 0.324 e. The lowest BCUT2D eigenvalue weighted by Crippen LogP contribution is -2.53. The van der Waals surface area contributed by atoms with E-state index in [0.29, 0.717) is 6.42 Å². The molecule has 1 aliphatic rings. The minimum atomic E-state index is -0.981. The molecule has 1 unspecified atom stereocenters. The molecule has 0 aliphatic carbocycles. The number of hydrogen-bond acceptors (Lipinski definition) is 6. The van der Waals surface area contributed by atoms with Gasteiger partial charge < -0.3 is 14.4 Å². The average molecular weight is 427 g/mol. The fourth-order valence-electron chi connectivity index (χ4n) is 3.33. The summed E-state index contributed by atoms with van der Waals surface area (Å²) in [4.78, 5) is 39.7. The van der Waals surface area contributed by atoms with Gasteiger partial charge in [-0.1, -0.05) is 13.8 Å². The maximum atomic E-state index is 13.5. The summed E-state index contributed by atoms with van der Waals surface area (Å²) < 4.78 is 36.7. The van der Waals surface area contributed by atoms with E-state index in [1.54, 1.807) is 0 Å². The van der Waals surface area contributed by atoms with Gasteiger partial charge in [-0.05, 0) is 24.5 Å². The van der Waals surface area contributed by atoms with Gasteiger partial charge in [0.2, 0.25) is 0 Å². The average Bonchev–Trinajstić information content (AvgIpc) is 3.04. The van der Waals surface area contributed by atoms with Crippen molar-refractivity contribution in [2.24, 2.45) is 5.92 Å². The first-order valence-corrected chi connectivity index (χ1v) is 9.60. The lowest BCUT2D eigenvalue weighted by Gasteiger charge is -2.27. The molecule has 1 aromatic rings. The lowest BCUT2D eigenvalue weighted by molar-refractivity contribution is -0.147. The Bertz CT molecular complexity index is 769. The maximum Gasteiger partial charge on any atom is 0.324 e. The molecule has 1 fully saturated rings. The second-order valence-corrected chi connectivity index (χ2v) is 7.46. The topological polar surface area (TPSA) is 88.2 Å². The molecule has 0 saturated carbocycles. The van der Waals surface area contributed by atoms with E-state index < -0.39 is 41.7 Å². The van der Waals surface area contributed by atoms with Gasteiger partial charge in [-0.25, -0.2) is 13.6 Å². The number of rotatable bonds is 9. The second-order valence-electron chi connectivity index (χ2n) is 7.46. The summed E-state index contributed by atoms with van der Waals surface area (Å²) in [6, 6.07) is 0.610. The summed E-state index contributed by atoms with van der Waals surface area (Å²) in [6.07, 6.45) is 0.419. The molecule has 0 aromatic heterocycles. The molecule has 1 aliphatic heterocycles. The number of urea groups is 1. The van der Waals surface area contributed by atoms with E-state index in [4.69, 9.17) is 9.47 Å². The largest absolute Gasteiger partial charge is 0.468 e. The van der Waals surface area contributed by atoms with E-state index in [0.717, 1.165) is 18.2 Å². The number of halogens is 2. The first-order chi connectivity index (χ1) is 14.2. The quantitative estimate of drug-likeness (QED) is 0.606. The van der Waals surface area contributed by atoms with Crippen LogP contribution in [0.5, 0.6) is 0 Å². The molecule has 2 atom stereocenters. The zero-order valence-corrected chi connectivity index (χ0v) is 17.5. The molecule has 1 N–H and O–H groups in total. The number of methoxy groups -OCH3 is 2. The summed E-state index contributed by atoms with van der Waals surface area (Å²) >= 11 is 0. The number of nitrogens with one attached hydrogen (secondary N) is 1. The van der Waals surface area contributed by atoms with Crippen LogP contribution in [-0.4, -0.2) is 68.8 Å². The SMILES string of the molecule is COC(=O)C(CN1CCN(c2cc(F)cc(F)c2)C1=O)N[C@@H](CC(C)C)C(=O)OC. The third kappa shape index (κ3) is 5.88. The van der Waals surface area contributed by atoms with Gasteiger partial charge >= 0.3 is 18.0 Å². The maximum absolute atomic E-state index is 13.5. The van der Waals surface area contributed by atoms with Gasteiger partial charge in [0.15, 0.2) is 0 Å². The third-order valence-corrected chi connectivity index (χ3v) is 4.74. The molecule has 0 bridgehead atoms. The summed E-state index contributed by atoms with van der Waals surface area (Å²) in [6.45, 7) is 4.20. The normalized spacial score (nSPS) is 16.0. The van der Waals surface area contributed by atoms with E-state index in [1.807, 2.05) is 13.8 Å². The molecular formula is C20H27F2N3O5. The van der Waals surface area contributed by atoms with Gasteiger partial charge in [0.1, 0.15) is 23.7 Å². The molecule has 1 heterocycles. The highest BCUT2D eigenvalue weighted by Crippen LogP contribution is 2.23. The van der Waals surface area contributed by atoms with Crippen molar-refractivity contribution in [1.29, 1.82) is 0 Å². The van der Waals surface area contributed by atoms with Crippen molar-refractivity contribution >= 4 is 23.7 Å². The van der Waals surface area contributed by atoms with Crippen LogP contribution in [0, 0.1) is 17.6 Å². The number of ether oxygens (including phenoxy) is 2. The summed E-state index contributed by atoms with van der Waals surface area (Å²) in [5.74, 6) is -2.61. The molecule has 8 nitrogen and oxygen atoms in total. The van der Waals surface area contributed by atoms with Crippen LogP contribution in [0.1, 0.15) is 20.3 Å². The molecule has 1 saturated heterocycles. The predicted molar refractivity (Wildman–Crippen MR) is 105 cm³/mol. The van der Waals surface area contributed by atoms with Crippen molar-refractivity contribution in [2.75, 3.05) is 38.8 Å². The van der Waals surface area contributed by atoms with Crippen molar-refractivity contribution in [3.8, 4) is 0 Å². The number of nitrogens with zero attached hydrogens (tertiary/aromatic N) is 2. The van der Waals surface area contributed by atoms with Crippen molar-refractivity contribution in [2.45, 2.75) is 32.4 Å². The second kappa shape index (κ2) is 10.3. The summed E-state index contributed by atoms with van der Waals surface area (Å²) in [5.41, 5.74) is 0.0924. The molecule has 10 heteroatoms. The van der Waals surface area contributed by atoms with E-state index in [-0.39, 0.29) is 31.2 Å². The van der Waals surface area contributed by atoms with Crippen LogP contribution in [-0.2, 0) is 19.1 Å². The molecule has 30 heavy (non-hydrogen) atoms. The van der Waals surface area contributed by atoms with Gasteiger partial charge in [0.25, 0.3) is 0 Å². The molecule has 166 valence electrons. The van der Waals surface area contributed by atoms with E-state index in [9.17, 15) is 23.2 Å². The fourth-order valence-corrected chi connectivity index (χ4v) is 3.33. The lowest BCUT2D eigenvalue weighted by atomic mass is 10.0. The molecule has 0 radical (unpaired) electrons. The van der Waals surface area contributed by atoms with Crippen LogP contribution in [0.4, 0.5) is 19.3 Å². The van der Waals surface area contributed by atoms with E-state index in [1.165, 1.54) is 24.0 Å². The molecule has 1 aromatic carbocycles. The molecular weight excluding hydrogens is 400 g/mol. The van der Waals surface area contributed by atoms with Crippen molar-refractivity contribution in [3.05, 3.63) is 29.8 Å². The Morgan fingerprint density at radius 2 is 1.60 bits per heavy atom. The van der Waals surface area contributed by atoms with Gasteiger partial charge in [0.05, 0.1) is 19.9 Å². The van der Waals surface area contributed by atoms with Crippen LogP contribution >= 0.6 is 0 Å². The number of anilines is 1. The Balaban J connectivity index is 2.15. The Hall–Kier alpha value is -2.75. The van der Waals surface area contributed by atoms with Crippen LogP contribution in [0.15, 0.2) is 18.2 Å². The minimum Gasteiger partial charge on any atom is -0.468 e. The summed E-state index contributed by atoms with van der Waals surface area (Å²) in [7, 11) is 2.46. The van der Waals surface area contributed by atoms with Crippen LogP contribution in [0.25, 0.3) is 0 Å². The predicted octanol–water partition coefficient (Wildman–Crippen LogP) is 1.93. The van der Waals surface area contributed by atoms with E-state index in [2.05, 4.69) is 5.32 Å². The Morgan fingerprint density at radius 1 is 1.03 bits per heavy atom. The van der Waals surface area contributed by atoms with Crippen molar-refractivity contribution < 1.29 is 32.6 Å². The Kier molecular flexibility index (Phi) is 8.10. The first kappa shape index (κ1) is 23.5. The Labute approximate surface area is 174 Å². The number of esters is 2. The van der Waals surface area contributed by atoms with Gasteiger partial charge in [-0.2, -0.15) is 0 Å². The molecule has 2 rings (SSSR count). The number of benzene rings is 1. The monoisotopic (exact) mass is 427 g/mol. The molecule has 2 amide bonds. The summed E-state index contributed by atoms with van der Waals surface area (Å²) in [5, 5.41) is 2.93. The van der Waals surface area contributed by atoms with Crippen LogP contribution in [0.2, 0.25) is 0 Å².